The fourth-order valence-electron chi connectivity index (χ4n) is 5.82. The third-order valence-corrected chi connectivity index (χ3v) is 10.5. The number of para-hydroxylation sites is 1. The Morgan fingerprint density at radius 1 is 0.826 bits per heavy atom. The number of halogens is 2. The zero-order valence-corrected chi connectivity index (χ0v) is 27.8. The van der Waals surface area contributed by atoms with Crippen molar-refractivity contribution in [2.75, 3.05) is 10.8 Å². The number of hydrogen-bond acceptors (Lipinski definition) is 4. The van der Waals surface area contributed by atoms with Gasteiger partial charge in [0.05, 0.1) is 10.6 Å². The molecule has 1 aliphatic rings. The lowest BCUT2D eigenvalue weighted by molar-refractivity contribution is -0.140. The van der Waals surface area contributed by atoms with Crippen LogP contribution in [-0.4, -0.2) is 43.8 Å². The van der Waals surface area contributed by atoms with Gasteiger partial charge in [-0.2, -0.15) is 0 Å². The number of carbonyl (C=O) groups excluding carboxylic acids is 2. The molecule has 5 rings (SSSR count). The van der Waals surface area contributed by atoms with Crippen LogP contribution in [0.2, 0.25) is 0 Å². The number of carbonyl (C=O) groups is 2. The summed E-state index contributed by atoms with van der Waals surface area (Å²) in [5, 5.41) is 3.19. The summed E-state index contributed by atoms with van der Waals surface area (Å²) in [7, 11) is -4.37. The molecule has 1 saturated carbocycles. The van der Waals surface area contributed by atoms with Crippen LogP contribution in [-0.2, 0) is 32.6 Å². The van der Waals surface area contributed by atoms with Gasteiger partial charge in [-0.15, -0.1) is 0 Å². The molecule has 0 unspecified atom stereocenters. The minimum Gasteiger partial charge on any atom is -0.352 e. The van der Waals surface area contributed by atoms with Gasteiger partial charge in [-0.05, 0) is 60.4 Å². The molecule has 0 bridgehead atoms. The molecule has 0 heterocycles. The second-order valence-corrected chi connectivity index (χ2v) is 14.3. The highest BCUT2D eigenvalue weighted by Crippen LogP contribution is 2.28. The summed E-state index contributed by atoms with van der Waals surface area (Å²) in [6, 6.07) is 28.9. The Morgan fingerprint density at radius 2 is 1.46 bits per heavy atom. The molecule has 0 aliphatic heterocycles. The van der Waals surface area contributed by atoms with E-state index in [0.29, 0.717) is 0 Å². The Morgan fingerprint density at radius 3 is 2.13 bits per heavy atom. The third-order valence-electron chi connectivity index (χ3n) is 8.20. The number of anilines is 1. The molecule has 0 radical (unpaired) electrons. The predicted octanol–water partition coefficient (Wildman–Crippen LogP) is 6.87. The van der Waals surface area contributed by atoms with E-state index in [4.69, 9.17) is 0 Å². The molecule has 1 N–H and O–H groups in total. The maximum absolute atomic E-state index is 15.3. The third kappa shape index (κ3) is 8.41. The van der Waals surface area contributed by atoms with Crippen molar-refractivity contribution in [3.05, 3.63) is 131 Å². The van der Waals surface area contributed by atoms with Crippen molar-refractivity contribution >= 4 is 43.5 Å². The van der Waals surface area contributed by atoms with Crippen molar-refractivity contribution in [2.45, 2.75) is 62.0 Å². The van der Waals surface area contributed by atoms with Crippen LogP contribution in [0.1, 0.15) is 43.2 Å². The molecule has 0 spiro atoms. The molecule has 4 aromatic rings. The van der Waals surface area contributed by atoms with Crippen LogP contribution < -0.4 is 9.62 Å². The molecule has 240 valence electrons. The highest BCUT2D eigenvalue weighted by molar-refractivity contribution is 9.10. The Hall–Kier alpha value is -4.02. The lowest BCUT2D eigenvalue weighted by Gasteiger charge is -2.35. The molecular formula is C36H37BrFN3O4S. The maximum atomic E-state index is 15.3. The van der Waals surface area contributed by atoms with Gasteiger partial charge in [-0.25, -0.2) is 12.8 Å². The van der Waals surface area contributed by atoms with E-state index in [9.17, 15) is 18.0 Å². The van der Waals surface area contributed by atoms with Gasteiger partial charge in [0, 0.05) is 23.5 Å². The normalized spacial score (nSPS) is 14.3. The van der Waals surface area contributed by atoms with Crippen molar-refractivity contribution in [1.82, 2.24) is 10.2 Å². The van der Waals surface area contributed by atoms with Gasteiger partial charge in [-0.1, -0.05) is 108 Å². The molecule has 1 atom stereocenters. The van der Waals surface area contributed by atoms with E-state index in [2.05, 4.69) is 21.2 Å². The van der Waals surface area contributed by atoms with Gasteiger partial charge in [0.2, 0.25) is 11.8 Å². The summed E-state index contributed by atoms with van der Waals surface area (Å²) in [5.41, 5.74) is 1.34. The fraction of sp³-hybridized carbons (Fsp3) is 0.278. The van der Waals surface area contributed by atoms with E-state index in [1.165, 1.54) is 35.2 Å². The lowest BCUT2D eigenvalue weighted by atomic mass is 9.94. The Bertz CT molecular complexity index is 1730. The SMILES string of the molecule is O=C(NC1CCCCC1)[C@H](Cc1ccccc1)N(Cc1cccc(Br)c1)C(=O)CN(c1ccccc1F)S(=O)(=O)c1ccccc1. The number of benzene rings is 4. The second kappa shape index (κ2) is 15.5. The minimum absolute atomic E-state index is 0.00397. The Labute approximate surface area is 278 Å². The monoisotopic (exact) mass is 705 g/mol. The van der Waals surface area contributed by atoms with E-state index >= 15 is 4.39 Å². The molecule has 2 amide bonds. The molecular weight excluding hydrogens is 669 g/mol. The zero-order chi connectivity index (χ0) is 32.5. The molecule has 1 fully saturated rings. The predicted molar refractivity (Wildman–Crippen MR) is 181 cm³/mol. The first-order valence-corrected chi connectivity index (χ1v) is 17.7. The van der Waals surface area contributed by atoms with Gasteiger partial charge >= 0.3 is 0 Å². The van der Waals surface area contributed by atoms with E-state index in [1.807, 2.05) is 54.6 Å². The van der Waals surface area contributed by atoms with Crippen molar-refractivity contribution in [1.29, 1.82) is 0 Å². The summed E-state index contributed by atoms with van der Waals surface area (Å²) >= 11 is 3.49. The molecule has 0 aromatic heterocycles. The first-order valence-electron chi connectivity index (χ1n) is 15.4. The quantitative estimate of drug-likeness (QED) is 0.174. The number of rotatable bonds is 12. The average molecular weight is 707 g/mol. The summed E-state index contributed by atoms with van der Waals surface area (Å²) in [6.45, 7) is -0.682. The smallest absolute Gasteiger partial charge is 0.264 e. The van der Waals surface area contributed by atoms with E-state index in [-0.39, 0.29) is 35.5 Å². The Kier molecular flexibility index (Phi) is 11.2. The van der Waals surface area contributed by atoms with Crippen molar-refractivity contribution in [3.8, 4) is 0 Å². The van der Waals surface area contributed by atoms with E-state index < -0.39 is 34.3 Å². The van der Waals surface area contributed by atoms with E-state index in [0.717, 1.165) is 58.1 Å². The van der Waals surface area contributed by atoms with Crippen LogP contribution >= 0.6 is 15.9 Å². The molecule has 10 heteroatoms. The second-order valence-electron chi connectivity index (χ2n) is 11.5. The van der Waals surface area contributed by atoms with Crippen LogP contribution in [0.5, 0.6) is 0 Å². The van der Waals surface area contributed by atoms with Gasteiger partial charge < -0.3 is 10.2 Å². The van der Waals surface area contributed by atoms with Crippen molar-refractivity contribution in [2.24, 2.45) is 0 Å². The number of hydrogen-bond donors (Lipinski definition) is 1. The molecule has 1 aliphatic carbocycles. The van der Waals surface area contributed by atoms with Crippen LogP contribution in [0.15, 0.2) is 119 Å². The molecule has 46 heavy (non-hydrogen) atoms. The summed E-state index contributed by atoms with van der Waals surface area (Å²) in [4.78, 5) is 30.0. The van der Waals surface area contributed by atoms with Crippen LogP contribution in [0.3, 0.4) is 0 Å². The first-order chi connectivity index (χ1) is 22.2. The lowest BCUT2D eigenvalue weighted by Crippen LogP contribution is -2.55. The standard InChI is InChI=1S/C36H37BrFN3O4S/c37-29-16-12-15-28(23-29)25-40(34(24-27-13-4-1-5-14-27)36(43)39-30-17-6-2-7-18-30)35(42)26-41(33-22-11-10-21-32(33)38)46(44,45)31-19-8-3-9-20-31/h1,3-5,8-16,19-23,30,34H,2,6-7,17-18,24-26H2,(H,39,43)/t34-/m0/s1. The average Bonchev–Trinajstić information content (AvgIpc) is 3.07. The Balaban J connectivity index is 1.56. The van der Waals surface area contributed by atoms with Crippen LogP contribution in [0.25, 0.3) is 0 Å². The van der Waals surface area contributed by atoms with Crippen molar-refractivity contribution in [3.63, 3.8) is 0 Å². The molecule has 7 nitrogen and oxygen atoms in total. The highest BCUT2D eigenvalue weighted by atomic mass is 79.9. The van der Waals surface area contributed by atoms with Crippen molar-refractivity contribution < 1.29 is 22.4 Å². The summed E-state index contributed by atoms with van der Waals surface area (Å²) < 4.78 is 44.9. The minimum atomic E-state index is -4.37. The number of amides is 2. The molecule has 0 saturated heterocycles. The van der Waals surface area contributed by atoms with Gasteiger partial charge in [0.1, 0.15) is 18.4 Å². The van der Waals surface area contributed by atoms with Gasteiger partial charge in [-0.3, -0.25) is 13.9 Å². The largest absolute Gasteiger partial charge is 0.352 e. The fourth-order valence-corrected chi connectivity index (χ4v) is 7.71. The summed E-state index contributed by atoms with van der Waals surface area (Å²) in [5.74, 6) is -1.73. The summed E-state index contributed by atoms with van der Waals surface area (Å²) in [6.07, 6.45) is 5.09. The molecule has 4 aromatic carbocycles. The maximum Gasteiger partial charge on any atom is 0.264 e. The van der Waals surface area contributed by atoms with Gasteiger partial charge in [0.15, 0.2) is 0 Å². The number of nitrogens with one attached hydrogen (secondary N) is 1. The van der Waals surface area contributed by atoms with Crippen LogP contribution in [0, 0.1) is 5.82 Å². The highest BCUT2D eigenvalue weighted by Gasteiger charge is 2.36. The van der Waals surface area contributed by atoms with E-state index in [1.54, 1.807) is 18.2 Å². The zero-order valence-electron chi connectivity index (χ0n) is 25.4. The topological polar surface area (TPSA) is 86.8 Å². The van der Waals surface area contributed by atoms with Crippen LogP contribution in [0.4, 0.5) is 10.1 Å². The number of sulfonamides is 1. The first kappa shape index (κ1) is 33.3. The number of nitrogens with zero attached hydrogens (tertiary/aromatic N) is 2. The van der Waals surface area contributed by atoms with Gasteiger partial charge in [0.25, 0.3) is 10.0 Å².